The van der Waals surface area contributed by atoms with E-state index in [2.05, 4.69) is 48.8 Å². The number of halogens is 1. The maximum absolute atomic E-state index is 10.6. The molecule has 0 bridgehead atoms. The van der Waals surface area contributed by atoms with Gasteiger partial charge in [0.05, 0.1) is 7.11 Å². The van der Waals surface area contributed by atoms with E-state index in [4.69, 9.17) is 4.74 Å². The van der Waals surface area contributed by atoms with Crippen LogP contribution in [-0.2, 0) is 5.41 Å². The molecule has 1 atom stereocenters. The van der Waals surface area contributed by atoms with E-state index in [1.165, 1.54) is 5.56 Å². The first-order valence-corrected chi connectivity index (χ1v) is 7.74. The van der Waals surface area contributed by atoms with Crippen molar-refractivity contribution in [3.8, 4) is 5.75 Å². The fourth-order valence-electron chi connectivity index (χ4n) is 2.26. The summed E-state index contributed by atoms with van der Waals surface area (Å²) in [5.74, 6) is 0.678. The molecule has 0 aromatic heterocycles. The molecule has 21 heavy (non-hydrogen) atoms. The maximum Gasteiger partial charge on any atom is 0.126 e. The predicted octanol–water partition coefficient (Wildman–Crippen LogP) is 4.84. The third kappa shape index (κ3) is 3.66. The van der Waals surface area contributed by atoms with Gasteiger partial charge >= 0.3 is 0 Å². The van der Waals surface area contributed by atoms with Crippen LogP contribution in [0.3, 0.4) is 0 Å². The molecule has 2 rings (SSSR count). The van der Waals surface area contributed by atoms with E-state index >= 15 is 0 Å². The lowest BCUT2D eigenvalue weighted by Gasteiger charge is -2.20. The highest BCUT2D eigenvalue weighted by atomic mass is 79.9. The van der Waals surface area contributed by atoms with Crippen molar-refractivity contribution < 1.29 is 9.84 Å². The Morgan fingerprint density at radius 2 is 1.67 bits per heavy atom. The van der Waals surface area contributed by atoms with Gasteiger partial charge < -0.3 is 9.84 Å². The predicted molar refractivity (Wildman–Crippen MR) is 89.9 cm³/mol. The number of hydrogen-bond acceptors (Lipinski definition) is 2. The summed E-state index contributed by atoms with van der Waals surface area (Å²) in [6.07, 6.45) is -0.693. The number of aliphatic hydroxyl groups excluding tert-OH is 1. The summed E-state index contributed by atoms with van der Waals surface area (Å²) in [6.45, 7) is 6.53. The molecule has 1 N–H and O–H groups in total. The monoisotopic (exact) mass is 348 g/mol. The third-order valence-electron chi connectivity index (χ3n) is 3.58. The highest BCUT2D eigenvalue weighted by Crippen LogP contribution is 2.33. The Labute approximate surface area is 134 Å². The molecule has 0 saturated heterocycles. The number of rotatable bonds is 3. The lowest BCUT2D eigenvalue weighted by atomic mass is 9.86. The Morgan fingerprint density at radius 3 is 2.19 bits per heavy atom. The van der Waals surface area contributed by atoms with Gasteiger partial charge in [0.15, 0.2) is 0 Å². The van der Waals surface area contributed by atoms with E-state index < -0.39 is 6.10 Å². The van der Waals surface area contributed by atoms with Crippen molar-refractivity contribution >= 4 is 15.9 Å². The second kappa shape index (κ2) is 6.20. The SMILES string of the molecule is COc1cc(Br)ccc1C(O)c1ccc(C(C)(C)C)cc1. The first-order chi connectivity index (χ1) is 9.82. The molecule has 2 nitrogen and oxygen atoms in total. The lowest BCUT2D eigenvalue weighted by Crippen LogP contribution is -2.11. The molecule has 0 aliphatic rings. The normalized spacial score (nSPS) is 13.0. The molecule has 0 aliphatic carbocycles. The van der Waals surface area contributed by atoms with E-state index in [-0.39, 0.29) is 5.41 Å². The van der Waals surface area contributed by atoms with Gasteiger partial charge in [-0.2, -0.15) is 0 Å². The van der Waals surface area contributed by atoms with Gasteiger partial charge in [-0.05, 0) is 28.7 Å². The molecule has 0 aliphatic heterocycles. The molecular weight excluding hydrogens is 328 g/mol. The summed E-state index contributed by atoms with van der Waals surface area (Å²) in [6, 6.07) is 13.8. The third-order valence-corrected chi connectivity index (χ3v) is 4.08. The van der Waals surface area contributed by atoms with Crippen LogP contribution in [0.5, 0.6) is 5.75 Å². The highest BCUT2D eigenvalue weighted by Gasteiger charge is 2.18. The fourth-order valence-corrected chi connectivity index (χ4v) is 2.60. The standard InChI is InChI=1S/C18H21BrO2/c1-18(2,3)13-7-5-12(6-8-13)17(20)15-10-9-14(19)11-16(15)21-4/h5-11,17,20H,1-4H3. The van der Waals surface area contributed by atoms with Crippen LogP contribution >= 0.6 is 15.9 Å². The Hall–Kier alpha value is -1.32. The van der Waals surface area contributed by atoms with Crippen molar-refractivity contribution in [3.63, 3.8) is 0 Å². The summed E-state index contributed by atoms with van der Waals surface area (Å²) < 4.78 is 6.29. The second-order valence-electron chi connectivity index (χ2n) is 6.16. The van der Waals surface area contributed by atoms with Crippen LogP contribution in [-0.4, -0.2) is 12.2 Å². The highest BCUT2D eigenvalue weighted by molar-refractivity contribution is 9.10. The molecule has 0 saturated carbocycles. The van der Waals surface area contributed by atoms with Gasteiger partial charge in [0.2, 0.25) is 0 Å². The fraction of sp³-hybridized carbons (Fsp3) is 0.333. The summed E-state index contributed by atoms with van der Waals surface area (Å²) >= 11 is 3.41. The van der Waals surface area contributed by atoms with Crippen molar-refractivity contribution in [3.05, 3.63) is 63.6 Å². The van der Waals surface area contributed by atoms with Crippen molar-refractivity contribution in [1.82, 2.24) is 0 Å². The first-order valence-electron chi connectivity index (χ1n) is 6.95. The van der Waals surface area contributed by atoms with Crippen molar-refractivity contribution in [2.45, 2.75) is 32.3 Å². The van der Waals surface area contributed by atoms with Gasteiger partial charge in [0.1, 0.15) is 11.9 Å². The minimum atomic E-state index is -0.693. The Kier molecular flexibility index (Phi) is 4.74. The molecule has 112 valence electrons. The molecule has 1 unspecified atom stereocenters. The number of methoxy groups -OCH3 is 1. The van der Waals surface area contributed by atoms with Crippen molar-refractivity contribution in [1.29, 1.82) is 0 Å². The summed E-state index contributed by atoms with van der Waals surface area (Å²) in [5.41, 5.74) is 2.99. The molecule has 3 heteroatoms. The Balaban J connectivity index is 2.34. The van der Waals surface area contributed by atoms with Gasteiger partial charge in [-0.15, -0.1) is 0 Å². The second-order valence-corrected chi connectivity index (χ2v) is 7.08. The molecule has 0 fully saturated rings. The van der Waals surface area contributed by atoms with Gasteiger partial charge in [-0.3, -0.25) is 0 Å². The zero-order valence-electron chi connectivity index (χ0n) is 12.9. The van der Waals surface area contributed by atoms with E-state index in [1.54, 1.807) is 7.11 Å². The first kappa shape index (κ1) is 16.1. The molecule has 0 radical (unpaired) electrons. The smallest absolute Gasteiger partial charge is 0.126 e. The summed E-state index contributed by atoms with van der Waals surface area (Å²) in [4.78, 5) is 0. The van der Waals surface area contributed by atoms with E-state index in [1.807, 2.05) is 30.3 Å². The van der Waals surface area contributed by atoms with Gasteiger partial charge in [-0.1, -0.05) is 67.0 Å². The van der Waals surface area contributed by atoms with Crippen molar-refractivity contribution in [2.75, 3.05) is 7.11 Å². The largest absolute Gasteiger partial charge is 0.496 e. The van der Waals surface area contributed by atoms with E-state index in [0.29, 0.717) is 5.75 Å². The summed E-state index contributed by atoms with van der Waals surface area (Å²) in [7, 11) is 1.61. The number of hydrogen-bond donors (Lipinski definition) is 1. The lowest BCUT2D eigenvalue weighted by molar-refractivity contribution is 0.214. The van der Waals surface area contributed by atoms with E-state index in [9.17, 15) is 5.11 Å². The number of aliphatic hydroxyl groups is 1. The van der Waals surface area contributed by atoms with Crippen LogP contribution in [0.4, 0.5) is 0 Å². The van der Waals surface area contributed by atoms with Crippen LogP contribution in [0.25, 0.3) is 0 Å². The van der Waals surface area contributed by atoms with Crippen LogP contribution in [0, 0.1) is 0 Å². The molecule has 0 amide bonds. The van der Waals surface area contributed by atoms with Gasteiger partial charge in [0.25, 0.3) is 0 Å². The zero-order valence-corrected chi connectivity index (χ0v) is 14.4. The molecular formula is C18H21BrO2. The average Bonchev–Trinajstić information content (AvgIpc) is 2.45. The van der Waals surface area contributed by atoms with Crippen LogP contribution in [0.15, 0.2) is 46.9 Å². The Bertz CT molecular complexity index is 612. The van der Waals surface area contributed by atoms with E-state index in [0.717, 1.165) is 15.6 Å². The average molecular weight is 349 g/mol. The molecule has 2 aromatic carbocycles. The molecule has 0 heterocycles. The molecule has 0 spiro atoms. The minimum absolute atomic E-state index is 0.110. The van der Waals surface area contributed by atoms with Crippen LogP contribution in [0.2, 0.25) is 0 Å². The van der Waals surface area contributed by atoms with Gasteiger partial charge in [0, 0.05) is 10.0 Å². The zero-order chi connectivity index (χ0) is 15.6. The summed E-state index contributed by atoms with van der Waals surface area (Å²) in [5, 5.41) is 10.6. The quantitative estimate of drug-likeness (QED) is 0.859. The van der Waals surface area contributed by atoms with Crippen molar-refractivity contribution in [2.24, 2.45) is 0 Å². The number of benzene rings is 2. The van der Waals surface area contributed by atoms with Crippen LogP contribution < -0.4 is 4.74 Å². The molecule has 2 aromatic rings. The maximum atomic E-state index is 10.6. The Morgan fingerprint density at radius 1 is 1.05 bits per heavy atom. The minimum Gasteiger partial charge on any atom is -0.496 e. The van der Waals surface area contributed by atoms with Crippen LogP contribution in [0.1, 0.15) is 43.6 Å². The van der Waals surface area contributed by atoms with Gasteiger partial charge in [-0.25, -0.2) is 0 Å². The topological polar surface area (TPSA) is 29.5 Å². The number of ether oxygens (including phenoxy) is 1.